The van der Waals surface area contributed by atoms with E-state index in [1.54, 1.807) is 0 Å². The van der Waals surface area contributed by atoms with Crippen LogP contribution >= 0.6 is 0 Å². The average Bonchev–Trinajstić information content (AvgIpc) is 2.76. The first kappa shape index (κ1) is 13.8. The number of hydrogen-bond acceptors (Lipinski definition) is 2. The summed E-state index contributed by atoms with van der Waals surface area (Å²) in [6.07, 6.45) is 3.30. The Labute approximate surface area is 126 Å². The van der Waals surface area contributed by atoms with Gasteiger partial charge in [0.25, 0.3) is 0 Å². The average molecular weight is 288 g/mol. The fourth-order valence-corrected chi connectivity index (χ4v) is 4.85. The van der Waals surface area contributed by atoms with E-state index in [4.69, 9.17) is 9.31 Å². The SMILES string of the molecule is CC1(C)C2CC3OB(Cc4ccc(F)cc4)O[C@@]3(C)C1C2. The van der Waals surface area contributed by atoms with Crippen molar-refractivity contribution >= 4 is 7.12 Å². The first-order valence-corrected chi connectivity index (χ1v) is 7.97. The molecule has 0 aromatic heterocycles. The van der Waals surface area contributed by atoms with Crippen LogP contribution in [-0.2, 0) is 15.6 Å². The maximum absolute atomic E-state index is 13.0. The molecule has 0 amide bonds. The van der Waals surface area contributed by atoms with Crippen LogP contribution in [0.1, 0.15) is 39.2 Å². The Morgan fingerprint density at radius 2 is 1.90 bits per heavy atom. The van der Waals surface area contributed by atoms with Crippen LogP contribution in [0.3, 0.4) is 0 Å². The molecule has 1 aliphatic heterocycles. The van der Waals surface area contributed by atoms with Gasteiger partial charge in [0.2, 0.25) is 0 Å². The van der Waals surface area contributed by atoms with E-state index in [9.17, 15) is 4.39 Å². The second kappa shape index (κ2) is 4.33. The van der Waals surface area contributed by atoms with E-state index in [0.717, 1.165) is 17.9 Å². The lowest BCUT2D eigenvalue weighted by Gasteiger charge is -2.64. The van der Waals surface area contributed by atoms with Gasteiger partial charge in [0, 0.05) is 6.32 Å². The maximum Gasteiger partial charge on any atom is 0.462 e. The Bertz CT molecular complexity index is 558. The molecule has 0 spiro atoms. The smallest absolute Gasteiger partial charge is 0.405 e. The van der Waals surface area contributed by atoms with Crippen LogP contribution in [-0.4, -0.2) is 18.8 Å². The molecule has 2 bridgehead atoms. The predicted molar refractivity (Wildman–Crippen MR) is 80.2 cm³/mol. The number of rotatable bonds is 2. The van der Waals surface area contributed by atoms with Gasteiger partial charge in [-0.15, -0.1) is 0 Å². The molecule has 1 heterocycles. The molecular weight excluding hydrogens is 266 g/mol. The molecule has 0 radical (unpaired) electrons. The Kier molecular flexibility index (Phi) is 2.84. The van der Waals surface area contributed by atoms with Crippen molar-refractivity contribution in [2.75, 3.05) is 0 Å². The zero-order chi connectivity index (χ0) is 14.8. The highest BCUT2D eigenvalue weighted by atomic mass is 19.1. The largest absolute Gasteiger partial charge is 0.462 e. The molecule has 2 nitrogen and oxygen atoms in total. The summed E-state index contributed by atoms with van der Waals surface area (Å²) in [7, 11) is -0.194. The van der Waals surface area contributed by atoms with Crippen LogP contribution < -0.4 is 0 Å². The van der Waals surface area contributed by atoms with Crippen molar-refractivity contribution in [1.29, 1.82) is 0 Å². The first-order chi connectivity index (χ1) is 9.89. The highest BCUT2D eigenvalue weighted by Crippen LogP contribution is 2.65. The molecule has 1 aromatic carbocycles. The molecule has 4 atom stereocenters. The topological polar surface area (TPSA) is 18.5 Å². The minimum absolute atomic E-state index is 0.150. The van der Waals surface area contributed by atoms with E-state index < -0.39 is 0 Å². The van der Waals surface area contributed by atoms with Gasteiger partial charge in [-0.2, -0.15) is 0 Å². The highest BCUT2D eigenvalue weighted by molar-refractivity contribution is 6.44. The first-order valence-electron chi connectivity index (χ1n) is 7.97. The van der Waals surface area contributed by atoms with Gasteiger partial charge in [-0.1, -0.05) is 26.0 Å². The van der Waals surface area contributed by atoms with Crippen LogP contribution in [0.5, 0.6) is 0 Å². The molecule has 1 aromatic rings. The van der Waals surface area contributed by atoms with Crippen LogP contribution in [0.25, 0.3) is 0 Å². The van der Waals surface area contributed by atoms with Gasteiger partial charge in [0.05, 0.1) is 11.7 Å². The third kappa shape index (κ3) is 1.92. The van der Waals surface area contributed by atoms with Crippen LogP contribution in [0.15, 0.2) is 24.3 Å². The third-order valence-corrected chi connectivity index (χ3v) is 6.32. The Morgan fingerprint density at radius 3 is 2.57 bits per heavy atom. The third-order valence-electron chi connectivity index (χ3n) is 6.32. The summed E-state index contributed by atoms with van der Waals surface area (Å²) in [4.78, 5) is 0. The predicted octanol–water partition coefficient (Wildman–Crippen LogP) is 3.64. The molecule has 3 aliphatic carbocycles. The molecule has 5 rings (SSSR count). The van der Waals surface area contributed by atoms with Crippen LogP contribution in [0.4, 0.5) is 4.39 Å². The Morgan fingerprint density at radius 1 is 1.19 bits per heavy atom. The number of halogens is 1. The zero-order valence-electron chi connectivity index (χ0n) is 12.9. The molecule has 3 saturated carbocycles. The summed E-state index contributed by atoms with van der Waals surface area (Å²) in [5.74, 6) is 1.16. The van der Waals surface area contributed by atoms with Crippen LogP contribution in [0, 0.1) is 23.1 Å². The van der Waals surface area contributed by atoms with Gasteiger partial charge >= 0.3 is 7.12 Å². The molecule has 21 heavy (non-hydrogen) atoms. The van der Waals surface area contributed by atoms with E-state index in [1.807, 2.05) is 12.1 Å². The molecule has 4 fully saturated rings. The highest BCUT2D eigenvalue weighted by Gasteiger charge is 2.67. The molecule has 0 N–H and O–H groups in total. The van der Waals surface area contributed by atoms with Gasteiger partial charge in [-0.3, -0.25) is 0 Å². The van der Waals surface area contributed by atoms with E-state index in [0.29, 0.717) is 17.7 Å². The molecule has 4 heteroatoms. The van der Waals surface area contributed by atoms with Gasteiger partial charge in [0.15, 0.2) is 0 Å². The second-order valence-electron chi connectivity index (χ2n) is 7.73. The normalized spacial score (nSPS) is 39.8. The fraction of sp³-hybridized carbons (Fsp3) is 0.647. The van der Waals surface area contributed by atoms with E-state index in [-0.39, 0.29) is 24.6 Å². The lowest BCUT2D eigenvalue weighted by molar-refractivity contribution is -0.199. The Hall–Kier alpha value is -0.865. The lowest BCUT2D eigenvalue weighted by atomic mass is 9.43. The van der Waals surface area contributed by atoms with Gasteiger partial charge < -0.3 is 9.31 Å². The van der Waals surface area contributed by atoms with Crippen molar-refractivity contribution < 1.29 is 13.7 Å². The van der Waals surface area contributed by atoms with Crippen molar-refractivity contribution in [3.05, 3.63) is 35.6 Å². The lowest BCUT2D eigenvalue weighted by Crippen LogP contribution is -2.65. The number of hydrogen-bond donors (Lipinski definition) is 0. The minimum atomic E-state index is -0.199. The fourth-order valence-electron chi connectivity index (χ4n) is 4.85. The zero-order valence-corrected chi connectivity index (χ0v) is 12.9. The maximum atomic E-state index is 13.0. The van der Waals surface area contributed by atoms with Crippen molar-refractivity contribution in [3.8, 4) is 0 Å². The van der Waals surface area contributed by atoms with Crippen molar-refractivity contribution in [1.82, 2.24) is 0 Å². The van der Waals surface area contributed by atoms with Gasteiger partial charge in [-0.25, -0.2) is 4.39 Å². The van der Waals surface area contributed by atoms with E-state index in [2.05, 4.69) is 20.8 Å². The summed E-state index contributed by atoms with van der Waals surface area (Å²) in [5, 5.41) is 0. The van der Waals surface area contributed by atoms with E-state index in [1.165, 1.54) is 18.6 Å². The van der Waals surface area contributed by atoms with Gasteiger partial charge in [0.1, 0.15) is 5.82 Å². The quantitative estimate of drug-likeness (QED) is 0.774. The summed E-state index contributed by atoms with van der Waals surface area (Å²) < 4.78 is 25.5. The van der Waals surface area contributed by atoms with Gasteiger partial charge in [-0.05, 0) is 54.7 Å². The van der Waals surface area contributed by atoms with Crippen molar-refractivity contribution in [2.45, 2.75) is 51.6 Å². The molecule has 4 aliphatic rings. The van der Waals surface area contributed by atoms with Crippen LogP contribution in [0.2, 0.25) is 0 Å². The van der Waals surface area contributed by atoms with Crippen molar-refractivity contribution in [3.63, 3.8) is 0 Å². The number of benzene rings is 1. The standard InChI is InChI=1S/C17H22BFO2/c1-16(2)12-8-14(16)17(3)15(9-12)20-18(21-17)10-11-4-6-13(19)7-5-11/h4-7,12,14-15H,8-10H2,1-3H3/t12?,14?,15?,17-/m0/s1. The molecule has 3 unspecified atom stereocenters. The molecule has 112 valence electrons. The summed E-state index contributed by atoms with van der Waals surface area (Å²) >= 11 is 0. The van der Waals surface area contributed by atoms with Crippen molar-refractivity contribution in [2.24, 2.45) is 17.3 Å². The molecular formula is C17H22BFO2. The van der Waals surface area contributed by atoms with E-state index >= 15 is 0 Å². The molecule has 1 saturated heterocycles. The summed E-state index contributed by atoms with van der Waals surface area (Å²) in [6, 6.07) is 6.63. The summed E-state index contributed by atoms with van der Waals surface area (Å²) in [5.41, 5.74) is 1.29. The monoisotopic (exact) mass is 288 g/mol. The minimum Gasteiger partial charge on any atom is -0.405 e. The second-order valence-corrected chi connectivity index (χ2v) is 7.73. The summed E-state index contributed by atoms with van der Waals surface area (Å²) in [6.45, 7) is 6.96. The Balaban J connectivity index is 1.51.